The molecule has 7 nitrogen and oxygen atoms in total. The van der Waals surface area contributed by atoms with Crippen LogP contribution in [-0.2, 0) is 6.54 Å². The lowest BCUT2D eigenvalue weighted by atomic mass is 9.86. The Labute approximate surface area is 147 Å². The lowest BCUT2D eigenvalue weighted by Crippen LogP contribution is -2.48. The average molecular weight is 343 g/mol. The molecule has 1 saturated carbocycles. The van der Waals surface area contributed by atoms with Crippen LogP contribution in [0.4, 0.5) is 4.79 Å². The molecule has 2 unspecified atom stereocenters. The first-order valence-corrected chi connectivity index (χ1v) is 8.62. The number of imidazole rings is 1. The summed E-state index contributed by atoms with van der Waals surface area (Å²) in [7, 11) is 0. The molecule has 0 aliphatic heterocycles. The zero-order valence-corrected chi connectivity index (χ0v) is 14.7. The Bertz CT molecular complexity index is 727. The van der Waals surface area contributed by atoms with E-state index in [1.807, 2.05) is 36.7 Å². The largest absolute Gasteiger partial charge is 0.396 e. The van der Waals surface area contributed by atoms with Crippen LogP contribution in [0.25, 0.3) is 5.82 Å². The molecular weight excluding hydrogens is 318 g/mol. The zero-order chi connectivity index (χ0) is 17.9. The molecule has 1 aliphatic carbocycles. The summed E-state index contributed by atoms with van der Waals surface area (Å²) >= 11 is 0. The van der Waals surface area contributed by atoms with Gasteiger partial charge in [0.15, 0.2) is 0 Å². The molecule has 2 atom stereocenters. The molecule has 2 aromatic heterocycles. The van der Waals surface area contributed by atoms with E-state index in [0.29, 0.717) is 6.54 Å². The van der Waals surface area contributed by atoms with Gasteiger partial charge in [-0.1, -0.05) is 19.4 Å². The van der Waals surface area contributed by atoms with Gasteiger partial charge in [-0.3, -0.25) is 4.57 Å². The van der Waals surface area contributed by atoms with Gasteiger partial charge >= 0.3 is 6.03 Å². The van der Waals surface area contributed by atoms with E-state index in [0.717, 1.165) is 36.5 Å². The van der Waals surface area contributed by atoms with Crippen molar-refractivity contribution in [2.24, 2.45) is 5.41 Å². The maximum atomic E-state index is 12.1. The first kappa shape index (κ1) is 17.4. The molecule has 3 N–H and O–H groups in total. The summed E-state index contributed by atoms with van der Waals surface area (Å²) < 4.78 is 1.90. The molecule has 2 aromatic rings. The number of pyridine rings is 1. The minimum absolute atomic E-state index is 0.0159. The van der Waals surface area contributed by atoms with E-state index >= 15 is 0 Å². The van der Waals surface area contributed by atoms with Crippen LogP contribution in [0, 0.1) is 12.3 Å². The fraction of sp³-hybridized carbons (Fsp3) is 0.500. The maximum Gasteiger partial charge on any atom is 0.315 e. The average Bonchev–Trinajstić information content (AvgIpc) is 3.20. The molecule has 25 heavy (non-hydrogen) atoms. The summed E-state index contributed by atoms with van der Waals surface area (Å²) in [4.78, 5) is 20.7. The Hall–Kier alpha value is -2.41. The standard InChI is InChI=1S/C18H25N5O2/c1-13-19-8-9-23(13)16-6-5-14(10-20-16)11-21-17(25)22-15-4-3-7-18(15,2)12-24/h5-6,8-10,15,24H,3-4,7,11-12H2,1-2H3,(H2,21,22,25). The van der Waals surface area contributed by atoms with Crippen molar-refractivity contribution in [3.8, 4) is 5.82 Å². The van der Waals surface area contributed by atoms with E-state index in [2.05, 4.69) is 20.6 Å². The van der Waals surface area contributed by atoms with E-state index in [1.165, 1.54) is 0 Å². The van der Waals surface area contributed by atoms with Crippen molar-refractivity contribution in [2.45, 2.75) is 45.7 Å². The maximum absolute atomic E-state index is 12.1. The smallest absolute Gasteiger partial charge is 0.315 e. The molecule has 0 spiro atoms. The number of aliphatic hydroxyl groups is 1. The summed E-state index contributed by atoms with van der Waals surface area (Å²) in [6, 6.07) is 3.65. The summed E-state index contributed by atoms with van der Waals surface area (Å²) in [5, 5.41) is 15.4. The number of hydrogen-bond donors (Lipinski definition) is 3. The van der Waals surface area contributed by atoms with Gasteiger partial charge in [0.25, 0.3) is 0 Å². The molecule has 1 fully saturated rings. The van der Waals surface area contributed by atoms with Crippen molar-refractivity contribution >= 4 is 6.03 Å². The molecule has 0 aromatic carbocycles. The van der Waals surface area contributed by atoms with Crippen LogP contribution >= 0.6 is 0 Å². The van der Waals surface area contributed by atoms with Crippen LogP contribution < -0.4 is 10.6 Å². The molecule has 0 saturated heterocycles. The molecule has 7 heteroatoms. The van der Waals surface area contributed by atoms with Gasteiger partial charge < -0.3 is 15.7 Å². The Kier molecular flexibility index (Phi) is 5.03. The number of rotatable bonds is 5. The lowest BCUT2D eigenvalue weighted by molar-refractivity contribution is 0.121. The van der Waals surface area contributed by atoms with E-state index in [9.17, 15) is 9.90 Å². The van der Waals surface area contributed by atoms with Crippen LogP contribution in [0.3, 0.4) is 0 Å². The monoisotopic (exact) mass is 343 g/mol. The molecule has 134 valence electrons. The molecule has 3 rings (SSSR count). The van der Waals surface area contributed by atoms with Gasteiger partial charge in [-0.25, -0.2) is 14.8 Å². The topological polar surface area (TPSA) is 92.1 Å². The quantitative estimate of drug-likeness (QED) is 0.773. The highest BCUT2D eigenvalue weighted by atomic mass is 16.3. The Balaban J connectivity index is 1.53. The predicted molar refractivity (Wildman–Crippen MR) is 94.3 cm³/mol. The highest BCUT2D eigenvalue weighted by Gasteiger charge is 2.39. The number of aryl methyl sites for hydroxylation is 1. The third-order valence-corrected chi connectivity index (χ3v) is 5.08. The fourth-order valence-electron chi connectivity index (χ4n) is 3.34. The molecule has 2 amide bonds. The summed E-state index contributed by atoms with van der Waals surface area (Å²) in [6.45, 7) is 4.44. The highest BCUT2D eigenvalue weighted by molar-refractivity contribution is 5.74. The molecule has 2 heterocycles. The molecule has 0 bridgehead atoms. The number of aromatic nitrogens is 3. The van der Waals surface area contributed by atoms with Gasteiger partial charge in [-0.15, -0.1) is 0 Å². The van der Waals surface area contributed by atoms with Crippen molar-refractivity contribution in [1.82, 2.24) is 25.2 Å². The van der Waals surface area contributed by atoms with Gasteiger partial charge in [0, 0.05) is 36.6 Å². The second-order valence-corrected chi connectivity index (χ2v) is 6.95. The Morgan fingerprint density at radius 2 is 2.28 bits per heavy atom. The van der Waals surface area contributed by atoms with Gasteiger partial charge in [-0.05, 0) is 31.4 Å². The lowest BCUT2D eigenvalue weighted by Gasteiger charge is -2.30. The number of aliphatic hydroxyl groups excluding tert-OH is 1. The SMILES string of the molecule is Cc1nccn1-c1ccc(CNC(=O)NC2CCCC2(C)CO)cn1. The zero-order valence-electron chi connectivity index (χ0n) is 14.7. The fourth-order valence-corrected chi connectivity index (χ4v) is 3.34. The van der Waals surface area contributed by atoms with E-state index < -0.39 is 0 Å². The van der Waals surface area contributed by atoms with Crippen molar-refractivity contribution < 1.29 is 9.90 Å². The first-order chi connectivity index (χ1) is 12.0. The van der Waals surface area contributed by atoms with E-state index in [1.54, 1.807) is 12.4 Å². The van der Waals surface area contributed by atoms with Crippen molar-refractivity contribution in [3.05, 3.63) is 42.1 Å². The highest BCUT2D eigenvalue weighted by Crippen LogP contribution is 2.37. The molecule has 1 aliphatic rings. The predicted octanol–water partition coefficient (Wildman–Crippen LogP) is 1.93. The number of urea groups is 1. The Morgan fingerprint density at radius 1 is 1.44 bits per heavy atom. The van der Waals surface area contributed by atoms with Gasteiger partial charge in [0.05, 0.1) is 6.61 Å². The molecule has 0 radical (unpaired) electrons. The minimum atomic E-state index is -0.219. The summed E-state index contributed by atoms with van der Waals surface area (Å²) in [5.74, 6) is 1.68. The number of amides is 2. The second kappa shape index (κ2) is 7.23. The first-order valence-electron chi connectivity index (χ1n) is 8.62. The van der Waals surface area contributed by atoms with Gasteiger partial charge in [0.1, 0.15) is 11.6 Å². The van der Waals surface area contributed by atoms with Crippen LogP contribution in [0.2, 0.25) is 0 Å². The van der Waals surface area contributed by atoms with Crippen molar-refractivity contribution in [2.75, 3.05) is 6.61 Å². The second-order valence-electron chi connectivity index (χ2n) is 6.95. The number of carbonyl (C=O) groups excluding carboxylic acids is 1. The van der Waals surface area contributed by atoms with Crippen LogP contribution in [0.1, 0.15) is 37.6 Å². The third kappa shape index (κ3) is 3.82. The summed E-state index contributed by atoms with van der Waals surface area (Å²) in [6.07, 6.45) is 8.23. The third-order valence-electron chi connectivity index (χ3n) is 5.08. The van der Waals surface area contributed by atoms with E-state index in [-0.39, 0.29) is 24.1 Å². The van der Waals surface area contributed by atoms with Crippen LogP contribution in [0.5, 0.6) is 0 Å². The number of nitrogens with one attached hydrogen (secondary N) is 2. The molecular formula is C18H25N5O2. The van der Waals surface area contributed by atoms with Crippen LogP contribution in [0.15, 0.2) is 30.7 Å². The van der Waals surface area contributed by atoms with Crippen molar-refractivity contribution in [1.29, 1.82) is 0 Å². The van der Waals surface area contributed by atoms with Gasteiger partial charge in [-0.2, -0.15) is 0 Å². The number of carbonyl (C=O) groups is 1. The summed E-state index contributed by atoms with van der Waals surface area (Å²) in [5.41, 5.74) is 0.705. The van der Waals surface area contributed by atoms with Crippen molar-refractivity contribution in [3.63, 3.8) is 0 Å². The minimum Gasteiger partial charge on any atom is -0.396 e. The van der Waals surface area contributed by atoms with Gasteiger partial charge in [0.2, 0.25) is 0 Å². The normalized spacial score (nSPS) is 22.8. The van der Waals surface area contributed by atoms with Crippen LogP contribution in [-0.4, -0.2) is 38.3 Å². The van der Waals surface area contributed by atoms with E-state index in [4.69, 9.17) is 0 Å². The number of hydrogen-bond acceptors (Lipinski definition) is 4. The Morgan fingerprint density at radius 3 is 2.92 bits per heavy atom. The number of nitrogens with zero attached hydrogens (tertiary/aromatic N) is 3.